The fourth-order valence-corrected chi connectivity index (χ4v) is 1.97. The van der Waals surface area contributed by atoms with Gasteiger partial charge in [-0.3, -0.25) is 14.9 Å². The highest BCUT2D eigenvalue weighted by atomic mass is 35.5. The minimum Gasteiger partial charge on any atom is -0.381 e. The summed E-state index contributed by atoms with van der Waals surface area (Å²) in [5.41, 5.74) is 7.06. The standard InChI is InChI=1S/C14H12ClN3O3/c15-13-6-3-10(7-12(13)14(16)19)17-8-9-1-4-11(5-2-9)18(20)21/h1-7,17H,8H2,(H2,16,19). The molecule has 6 nitrogen and oxygen atoms in total. The molecule has 0 fully saturated rings. The van der Waals surface area contributed by atoms with Crippen molar-refractivity contribution in [2.45, 2.75) is 6.54 Å². The summed E-state index contributed by atoms with van der Waals surface area (Å²) >= 11 is 5.86. The summed E-state index contributed by atoms with van der Waals surface area (Å²) in [5, 5.41) is 13.9. The summed E-state index contributed by atoms with van der Waals surface area (Å²) in [4.78, 5) is 21.3. The number of rotatable bonds is 5. The lowest BCUT2D eigenvalue weighted by molar-refractivity contribution is -0.384. The van der Waals surface area contributed by atoms with Crippen molar-refractivity contribution in [3.8, 4) is 0 Å². The second-order valence-electron chi connectivity index (χ2n) is 4.34. The highest BCUT2D eigenvalue weighted by Gasteiger charge is 2.08. The lowest BCUT2D eigenvalue weighted by atomic mass is 10.1. The van der Waals surface area contributed by atoms with E-state index in [2.05, 4.69) is 5.32 Å². The van der Waals surface area contributed by atoms with E-state index in [0.29, 0.717) is 17.3 Å². The molecule has 108 valence electrons. The maximum atomic E-state index is 11.2. The number of nitrogens with zero attached hydrogens (tertiary/aromatic N) is 1. The van der Waals surface area contributed by atoms with Crippen LogP contribution in [0, 0.1) is 10.1 Å². The quantitative estimate of drug-likeness (QED) is 0.655. The summed E-state index contributed by atoms with van der Waals surface area (Å²) in [6, 6.07) is 11.1. The highest BCUT2D eigenvalue weighted by Crippen LogP contribution is 2.21. The van der Waals surface area contributed by atoms with Crippen LogP contribution in [0.2, 0.25) is 5.02 Å². The highest BCUT2D eigenvalue weighted by molar-refractivity contribution is 6.33. The van der Waals surface area contributed by atoms with Crippen molar-refractivity contribution in [2.75, 3.05) is 5.32 Å². The molecule has 0 aliphatic carbocycles. The summed E-state index contributed by atoms with van der Waals surface area (Å²) < 4.78 is 0. The number of benzene rings is 2. The lowest BCUT2D eigenvalue weighted by Crippen LogP contribution is -2.12. The largest absolute Gasteiger partial charge is 0.381 e. The van der Waals surface area contributed by atoms with Gasteiger partial charge in [-0.15, -0.1) is 0 Å². The summed E-state index contributed by atoms with van der Waals surface area (Å²) in [6.07, 6.45) is 0. The van der Waals surface area contributed by atoms with Gasteiger partial charge in [0.2, 0.25) is 5.91 Å². The second kappa shape index (κ2) is 6.23. The van der Waals surface area contributed by atoms with Crippen LogP contribution < -0.4 is 11.1 Å². The van der Waals surface area contributed by atoms with Gasteiger partial charge < -0.3 is 11.1 Å². The van der Waals surface area contributed by atoms with E-state index < -0.39 is 10.8 Å². The first kappa shape index (κ1) is 14.8. The molecule has 0 bridgehead atoms. The maximum absolute atomic E-state index is 11.2. The Morgan fingerprint density at radius 1 is 1.24 bits per heavy atom. The number of nitrogens with one attached hydrogen (secondary N) is 1. The fraction of sp³-hybridized carbons (Fsp3) is 0.0714. The molecule has 0 atom stereocenters. The SMILES string of the molecule is NC(=O)c1cc(NCc2ccc([N+](=O)[O-])cc2)ccc1Cl. The van der Waals surface area contributed by atoms with Crippen molar-refractivity contribution in [1.29, 1.82) is 0 Å². The van der Waals surface area contributed by atoms with E-state index in [1.165, 1.54) is 12.1 Å². The van der Waals surface area contributed by atoms with E-state index in [1.54, 1.807) is 30.3 Å². The molecule has 3 N–H and O–H groups in total. The van der Waals surface area contributed by atoms with E-state index in [0.717, 1.165) is 5.56 Å². The number of nitrogens with two attached hydrogens (primary N) is 1. The van der Waals surface area contributed by atoms with E-state index in [-0.39, 0.29) is 11.3 Å². The van der Waals surface area contributed by atoms with E-state index >= 15 is 0 Å². The third kappa shape index (κ3) is 3.70. The molecule has 1 amide bonds. The molecule has 21 heavy (non-hydrogen) atoms. The summed E-state index contributed by atoms with van der Waals surface area (Å²) in [7, 11) is 0. The first-order valence-corrected chi connectivity index (χ1v) is 6.42. The molecule has 2 rings (SSSR count). The van der Waals surface area contributed by atoms with E-state index in [1.807, 2.05) is 0 Å². The number of hydrogen-bond acceptors (Lipinski definition) is 4. The van der Waals surface area contributed by atoms with Gasteiger partial charge in [-0.2, -0.15) is 0 Å². The van der Waals surface area contributed by atoms with Gasteiger partial charge in [-0.05, 0) is 23.8 Å². The van der Waals surface area contributed by atoms with Gasteiger partial charge in [-0.1, -0.05) is 23.7 Å². The molecule has 2 aromatic rings. The van der Waals surface area contributed by atoms with Crippen LogP contribution >= 0.6 is 11.6 Å². The number of amides is 1. The van der Waals surface area contributed by atoms with Gasteiger partial charge in [0.15, 0.2) is 0 Å². The molecular formula is C14H12ClN3O3. The van der Waals surface area contributed by atoms with Crippen LogP contribution in [0.3, 0.4) is 0 Å². The van der Waals surface area contributed by atoms with Crippen molar-refractivity contribution in [3.63, 3.8) is 0 Å². The van der Waals surface area contributed by atoms with E-state index in [4.69, 9.17) is 17.3 Å². The number of anilines is 1. The molecular weight excluding hydrogens is 294 g/mol. The van der Waals surface area contributed by atoms with Crippen molar-refractivity contribution in [2.24, 2.45) is 5.73 Å². The number of carbonyl (C=O) groups is 1. The number of halogens is 1. The van der Waals surface area contributed by atoms with Gasteiger partial charge in [0.05, 0.1) is 15.5 Å². The number of carbonyl (C=O) groups excluding carboxylic acids is 1. The Bertz CT molecular complexity index is 686. The normalized spacial score (nSPS) is 10.1. The molecule has 0 unspecified atom stereocenters. The molecule has 0 aliphatic rings. The van der Waals surface area contributed by atoms with Crippen molar-refractivity contribution < 1.29 is 9.72 Å². The predicted molar refractivity (Wildman–Crippen MR) is 80.4 cm³/mol. The van der Waals surface area contributed by atoms with Crippen LogP contribution in [0.25, 0.3) is 0 Å². The maximum Gasteiger partial charge on any atom is 0.269 e. The van der Waals surface area contributed by atoms with Crippen molar-refractivity contribution in [3.05, 3.63) is 68.7 Å². The second-order valence-corrected chi connectivity index (χ2v) is 4.74. The van der Waals surface area contributed by atoms with Crippen LogP contribution in [0.1, 0.15) is 15.9 Å². The van der Waals surface area contributed by atoms with E-state index in [9.17, 15) is 14.9 Å². The Kier molecular flexibility index (Phi) is 4.39. The molecule has 0 saturated heterocycles. The summed E-state index contributed by atoms with van der Waals surface area (Å²) in [6.45, 7) is 0.456. The Balaban J connectivity index is 2.07. The monoisotopic (exact) mass is 305 g/mol. The molecule has 0 aliphatic heterocycles. The first-order chi connectivity index (χ1) is 9.97. The fourth-order valence-electron chi connectivity index (χ4n) is 1.76. The Labute approximate surface area is 125 Å². The molecule has 2 aromatic carbocycles. The molecule has 0 saturated carbocycles. The topological polar surface area (TPSA) is 98.3 Å². The number of non-ortho nitro benzene ring substituents is 1. The first-order valence-electron chi connectivity index (χ1n) is 6.04. The number of nitro benzene ring substituents is 1. The molecule has 7 heteroatoms. The number of hydrogen-bond donors (Lipinski definition) is 2. The van der Waals surface area contributed by atoms with Crippen LogP contribution in [-0.2, 0) is 6.54 Å². The third-order valence-electron chi connectivity index (χ3n) is 2.88. The Morgan fingerprint density at radius 3 is 2.48 bits per heavy atom. The van der Waals surface area contributed by atoms with Crippen molar-refractivity contribution >= 4 is 28.9 Å². The van der Waals surface area contributed by atoms with Crippen LogP contribution in [0.15, 0.2) is 42.5 Å². The molecule has 0 aromatic heterocycles. The van der Waals surface area contributed by atoms with Gasteiger partial charge >= 0.3 is 0 Å². The molecule has 0 radical (unpaired) electrons. The van der Waals surface area contributed by atoms with Gasteiger partial charge in [0, 0.05) is 24.4 Å². The average Bonchev–Trinajstić information content (AvgIpc) is 2.46. The van der Waals surface area contributed by atoms with Crippen LogP contribution in [0.4, 0.5) is 11.4 Å². The van der Waals surface area contributed by atoms with Crippen LogP contribution in [-0.4, -0.2) is 10.8 Å². The minimum atomic E-state index is -0.598. The lowest BCUT2D eigenvalue weighted by Gasteiger charge is -2.08. The molecule has 0 spiro atoms. The zero-order valence-corrected chi connectivity index (χ0v) is 11.6. The predicted octanol–water partition coefficient (Wildman–Crippen LogP) is 2.96. The minimum absolute atomic E-state index is 0.0428. The third-order valence-corrected chi connectivity index (χ3v) is 3.21. The van der Waals surface area contributed by atoms with Crippen LogP contribution in [0.5, 0.6) is 0 Å². The smallest absolute Gasteiger partial charge is 0.269 e. The number of primary amides is 1. The number of nitro groups is 1. The average molecular weight is 306 g/mol. The zero-order valence-electron chi connectivity index (χ0n) is 10.9. The van der Waals surface area contributed by atoms with Gasteiger partial charge in [0.25, 0.3) is 5.69 Å². The molecule has 0 heterocycles. The summed E-state index contributed by atoms with van der Waals surface area (Å²) in [5.74, 6) is -0.598. The van der Waals surface area contributed by atoms with Gasteiger partial charge in [-0.25, -0.2) is 0 Å². The Hall–Kier alpha value is -2.60. The Morgan fingerprint density at radius 2 is 1.90 bits per heavy atom. The zero-order chi connectivity index (χ0) is 15.4. The van der Waals surface area contributed by atoms with Gasteiger partial charge in [0.1, 0.15) is 0 Å². The van der Waals surface area contributed by atoms with Crippen molar-refractivity contribution in [1.82, 2.24) is 0 Å².